The molecule has 2 heterocycles. The van der Waals surface area contributed by atoms with E-state index in [0.717, 1.165) is 52.2 Å². The topological polar surface area (TPSA) is 52.8 Å². The smallest absolute Gasteiger partial charge is 0.251 e. The molecule has 0 spiro atoms. The van der Waals surface area contributed by atoms with Crippen LogP contribution in [0.2, 0.25) is 0 Å². The van der Waals surface area contributed by atoms with Gasteiger partial charge in [-0.15, -0.1) is 0 Å². The van der Waals surface area contributed by atoms with E-state index in [9.17, 15) is 4.79 Å². The number of hydrogen-bond acceptors (Lipinski definition) is 4. The van der Waals surface area contributed by atoms with E-state index in [0.29, 0.717) is 13.2 Å². The van der Waals surface area contributed by atoms with Gasteiger partial charge in [-0.05, 0) is 12.8 Å². The summed E-state index contributed by atoms with van der Waals surface area (Å²) < 4.78 is 14.3. The largest absolute Gasteiger partial charge is 0.486 e. The number of aromatic nitrogens is 1. The molecule has 2 aliphatic rings. The summed E-state index contributed by atoms with van der Waals surface area (Å²) in [5.41, 5.74) is 1.02. The van der Waals surface area contributed by atoms with Gasteiger partial charge in [0.05, 0.1) is 10.2 Å². The van der Waals surface area contributed by atoms with Crippen LogP contribution < -0.4 is 14.3 Å². The Hall–Kier alpha value is -1.82. The summed E-state index contributed by atoms with van der Waals surface area (Å²) in [6.45, 7) is 1.15. The van der Waals surface area contributed by atoms with Gasteiger partial charge in [0.1, 0.15) is 13.2 Å². The van der Waals surface area contributed by atoms with Gasteiger partial charge in [-0.1, -0.05) is 24.2 Å². The molecule has 1 aliphatic heterocycles. The molecule has 1 fully saturated rings. The normalized spacial score (nSPS) is 19.0. The van der Waals surface area contributed by atoms with Crippen molar-refractivity contribution in [3.05, 3.63) is 16.9 Å². The predicted molar refractivity (Wildman–Crippen MR) is 84.3 cm³/mol. The number of ether oxygens (including phenoxy) is 2. The van der Waals surface area contributed by atoms with Crippen molar-refractivity contribution in [3.63, 3.8) is 0 Å². The van der Waals surface area contributed by atoms with Gasteiger partial charge in [-0.2, -0.15) is 4.99 Å². The molecule has 1 amide bonds. The number of hydrogen-bond donors (Lipinski definition) is 0. The third-order valence-electron chi connectivity index (χ3n) is 4.38. The molecule has 0 saturated heterocycles. The van der Waals surface area contributed by atoms with E-state index in [-0.39, 0.29) is 11.8 Å². The number of fused-ring (bicyclic) bond motifs is 2. The molecule has 116 valence electrons. The summed E-state index contributed by atoms with van der Waals surface area (Å²) in [7, 11) is 1.94. The van der Waals surface area contributed by atoms with Crippen LogP contribution in [0.4, 0.5) is 0 Å². The molecule has 0 radical (unpaired) electrons. The van der Waals surface area contributed by atoms with E-state index >= 15 is 0 Å². The van der Waals surface area contributed by atoms with E-state index in [1.165, 1.54) is 11.3 Å². The Morgan fingerprint density at radius 1 is 1.23 bits per heavy atom. The molecule has 0 bridgehead atoms. The minimum Gasteiger partial charge on any atom is -0.486 e. The number of carbonyl (C=O) groups excluding carboxylic acids is 1. The maximum atomic E-state index is 12.3. The predicted octanol–water partition coefficient (Wildman–Crippen LogP) is 2.63. The van der Waals surface area contributed by atoms with Crippen molar-refractivity contribution in [2.45, 2.75) is 25.7 Å². The molecule has 0 N–H and O–H groups in total. The summed E-state index contributed by atoms with van der Waals surface area (Å²) >= 11 is 1.52. The highest BCUT2D eigenvalue weighted by Gasteiger charge is 2.22. The molecule has 0 atom stereocenters. The SMILES string of the molecule is Cn1c(=NC(=O)C2CCCC2)sc2cc3c(cc21)OCCO3. The number of carbonyl (C=O) groups is 1. The van der Waals surface area contributed by atoms with E-state index in [1.54, 1.807) is 0 Å². The highest BCUT2D eigenvalue weighted by Crippen LogP contribution is 2.35. The molecule has 22 heavy (non-hydrogen) atoms. The first-order valence-electron chi connectivity index (χ1n) is 7.70. The summed E-state index contributed by atoms with van der Waals surface area (Å²) in [5.74, 6) is 1.68. The molecule has 0 unspecified atom stereocenters. The summed E-state index contributed by atoms with van der Waals surface area (Å²) in [4.78, 5) is 17.4. The van der Waals surface area contributed by atoms with Crippen molar-refractivity contribution < 1.29 is 14.3 Å². The lowest BCUT2D eigenvalue weighted by atomic mass is 10.1. The number of amides is 1. The fourth-order valence-electron chi connectivity index (χ4n) is 3.13. The highest BCUT2D eigenvalue weighted by atomic mass is 32.1. The van der Waals surface area contributed by atoms with Crippen molar-refractivity contribution >= 4 is 27.5 Å². The van der Waals surface area contributed by atoms with Crippen LogP contribution in [-0.4, -0.2) is 23.7 Å². The Bertz CT molecular complexity index is 800. The fourth-order valence-corrected chi connectivity index (χ4v) is 4.16. The maximum absolute atomic E-state index is 12.3. The van der Waals surface area contributed by atoms with Crippen LogP contribution in [0.15, 0.2) is 17.1 Å². The van der Waals surface area contributed by atoms with Crippen LogP contribution in [0.5, 0.6) is 11.5 Å². The van der Waals surface area contributed by atoms with Crippen LogP contribution in [0.25, 0.3) is 10.2 Å². The Morgan fingerprint density at radius 2 is 1.91 bits per heavy atom. The first-order chi connectivity index (χ1) is 10.7. The molecular formula is C16H18N2O3S. The zero-order valence-corrected chi connectivity index (χ0v) is 13.3. The van der Waals surface area contributed by atoms with Gasteiger partial charge < -0.3 is 14.0 Å². The monoisotopic (exact) mass is 318 g/mol. The maximum Gasteiger partial charge on any atom is 0.251 e. The Balaban J connectivity index is 1.78. The highest BCUT2D eigenvalue weighted by molar-refractivity contribution is 7.16. The Kier molecular flexibility index (Phi) is 3.41. The van der Waals surface area contributed by atoms with Crippen LogP contribution in [0.1, 0.15) is 25.7 Å². The van der Waals surface area contributed by atoms with Gasteiger partial charge in [0.15, 0.2) is 16.3 Å². The van der Waals surface area contributed by atoms with Crippen LogP contribution >= 0.6 is 11.3 Å². The molecule has 1 aromatic heterocycles. The number of thiazole rings is 1. The summed E-state index contributed by atoms with van der Waals surface area (Å²) in [6.07, 6.45) is 4.25. The number of aryl methyl sites for hydroxylation is 1. The Labute approximate surface area is 132 Å². The zero-order valence-electron chi connectivity index (χ0n) is 12.5. The fraction of sp³-hybridized carbons (Fsp3) is 0.500. The minimum absolute atomic E-state index is 0.0249. The standard InChI is InChI=1S/C16H18N2O3S/c1-18-11-8-12-13(21-7-6-20-12)9-14(11)22-16(18)17-15(19)10-4-2-3-5-10/h8-10H,2-7H2,1H3. The zero-order chi connectivity index (χ0) is 15.1. The van der Waals surface area contributed by atoms with Crippen molar-refractivity contribution in [2.24, 2.45) is 18.0 Å². The minimum atomic E-state index is 0.0249. The average molecular weight is 318 g/mol. The van der Waals surface area contributed by atoms with E-state index in [1.807, 2.05) is 23.7 Å². The number of benzene rings is 1. The molecule has 6 heteroatoms. The van der Waals surface area contributed by atoms with Crippen molar-refractivity contribution in [3.8, 4) is 11.5 Å². The van der Waals surface area contributed by atoms with E-state index in [2.05, 4.69) is 4.99 Å². The van der Waals surface area contributed by atoms with Crippen LogP contribution in [-0.2, 0) is 11.8 Å². The number of nitrogens with zero attached hydrogens (tertiary/aromatic N) is 2. The van der Waals surface area contributed by atoms with Crippen LogP contribution in [0.3, 0.4) is 0 Å². The molecule has 1 aliphatic carbocycles. The molecular weight excluding hydrogens is 300 g/mol. The Morgan fingerprint density at radius 3 is 2.64 bits per heavy atom. The average Bonchev–Trinajstić information content (AvgIpc) is 3.15. The van der Waals surface area contributed by atoms with Gasteiger partial charge in [-0.25, -0.2) is 0 Å². The number of rotatable bonds is 1. The van der Waals surface area contributed by atoms with Gasteiger partial charge in [0.25, 0.3) is 5.91 Å². The van der Waals surface area contributed by atoms with Crippen molar-refractivity contribution in [1.82, 2.24) is 4.57 Å². The third-order valence-corrected chi connectivity index (χ3v) is 5.48. The third kappa shape index (κ3) is 2.31. The summed E-state index contributed by atoms with van der Waals surface area (Å²) in [5, 5.41) is 0. The molecule has 1 saturated carbocycles. The molecule has 2 aromatic rings. The van der Waals surface area contributed by atoms with Crippen LogP contribution in [0, 0.1) is 5.92 Å². The second kappa shape index (κ2) is 5.43. The van der Waals surface area contributed by atoms with E-state index < -0.39 is 0 Å². The van der Waals surface area contributed by atoms with Crippen molar-refractivity contribution in [2.75, 3.05) is 13.2 Å². The summed E-state index contributed by atoms with van der Waals surface area (Å²) in [6, 6.07) is 3.95. The van der Waals surface area contributed by atoms with Gasteiger partial charge >= 0.3 is 0 Å². The second-order valence-corrected chi connectivity index (χ2v) is 6.85. The molecule has 5 nitrogen and oxygen atoms in total. The van der Waals surface area contributed by atoms with Gasteiger partial charge in [0.2, 0.25) is 0 Å². The van der Waals surface area contributed by atoms with Gasteiger partial charge in [-0.3, -0.25) is 4.79 Å². The molecule has 1 aromatic carbocycles. The van der Waals surface area contributed by atoms with Crippen molar-refractivity contribution in [1.29, 1.82) is 0 Å². The lowest BCUT2D eigenvalue weighted by molar-refractivity contribution is -0.121. The lowest BCUT2D eigenvalue weighted by Crippen LogP contribution is -2.17. The van der Waals surface area contributed by atoms with Gasteiger partial charge in [0, 0.05) is 25.1 Å². The first-order valence-corrected chi connectivity index (χ1v) is 8.52. The lowest BCUT2D eigenvalue weighted by Gasteiger charge is -2.18. The first kappa shape index (κ1) is 13.8. The quantitative estimate of drug-likeness (QED) is 0.812. The van der Waals surface area contributed by atoms with E-state index in [4.69, 9.17) is 9.47 Å². The second-order valence-electron chi connectivity index (χ2n) is 5.84. The molecule has 4 rings (SSSR count).